The zero-order valence-electron chi connectivity index (χ0n) is 8.62. The Morgan fingerprint density at radius 3 is 3.00 bits per heavy atom. The minimum atomic E-state index is 0.649. The molecule has 1 atom stereocenters. The van der Waals surface area contributed by atoms with Crippen LogP contribution in [0.25, 0.3) is 0 Å². The van der Waals surface area contributed by atoms with Crippen LogP contribution in [0.15, 0.2) is 41.1 Å². The fourth-order valence-corrected chi connectivity index (χ4v) is 1.38. The molecule has 0 bridgehead atoms. The highest BCUT2D eigenvalue weighted by molar-refractivity contribution is 5.99. The maximum absolute atomic E-state index is 4.33. The Kier molecular flexibility index (Phi) is 3.69. The molecule has 0 aliphatic heterocycles. The standard InChI is InChI=1S/C12H17N/c1-4-8-13-11(3)12-7-5-6-10(2)9-12/h4-8,10H,9H2,1-3H3/b8-4-,13-11?. The smallest absolute Gasteiger partial charge is 0.0404 e. The molecule has 0 fully saturated rings. The Morgan fingerprint density at radius 2 is 2.38 bits per heavy atom. The molecule has 1 unspecified atom stereocenters. The molecule has 0 aromatic carbocycles. The van der Waals surface area contributed by atoms with Crippen molar-refractivity contribution >= 4 is 5.71 Å². The number of hydrogen-bond acceptors (Lipinski definition) is 1. The SMILES string of the molecule is C/C=C\N=C(C)C1=CC=CC(C)C1. The Labute approximate surface area is 80.6 Å². The van der Waals surface area contributed by atoms with Crippen LogP contribution >= 0.6 is 0 Å². The van der Waals surface area contributed by atoms with Gasteiger partial charge in [-0.25, -0.2) is 0 Å². The van der Waals surface area contributed by atoms with E-state index in [0.717, 1.165) is 12.1 Å². The molecule has 0 N–H and O–H groups in total. The second-order valence-corrected chi connectivity index (χ2v) is 3.46. The van der Waals surface area contributed by atoms with E-state index in [0.29, 0.717) is 5.92 Å². The van der Waals surface area contributed by atoms with Gasteiger partial charge in [-0.2, -0.15) is 0 Å². The normalized spacial score (nSPS) is 23.8. The van der Waals surface area contributed by atoms with E-state index >= 15 is 0 Å². The predicted molar refractivity (Wildman–Crippen MR) is 58.9 cm³/mol. The van der Waals surface area contributed by atoms with Gasteiger partial charge in [0.1, 0.15) is 0 Å². The highest BCUT2D eigenvalue weighted by atomic mass is 14.7. The van der Waals surface area contributed by atoms with Crippen LogP contribution in [0, 0.1) is 5.92 Å². The average Bonchev–Trinajstić information content (AvgIpc) is 2.14. The molecule has 0 aromatic rings. The minimum absolute atomic E-state index is 0.649. The molecule has 1 aliphatic carbocycles. The van der Waals surface area contributed by atoms with E-state index in [4.69, 9.17) is 0 Å². The van der Waals surface area contributed by atoms with Crippen molar-refractivity contribution in [2.75, 3.05) is 0 Å². The largest absolute Gasteiger partial charge is 0.262 e. The molecule has 0 saturated heterocycles. The molecule has 1 nitrogen and oxygen atoms in total. The summed E-state index contributed by atoms with van der Waals surface area (Å²) in [6.45, 7) is 6.28. The predicted octanol–water partition coefficient (Wildman–Crippen LogP) is 3.50. The first-order valence-electron chi connectivity index (χ1n) is 4.77. The Hall–Kier alpha value is -1.11. The van der Waals surface area contributed by atoms with E-state index in [2.05, 4.69) is 37.1 Å². The first-order chi connectivity index (χ1) is 6.24. The third-order valence-electron chi connectivity index (χ3n) is 2.16. The lowest BCUT2D eigenvalue weighted by Crippen LogP contribution is -2.04. The van der Waals surface area contributed by atoms with Gasteiger partial charge in [0.15, 0.2) is 0 Å². The van der Waals surface area contributed by atoms with Gasteiger partial charge in [0, 0.05) is 11.9 Å². The summed E-state index contributed by atoms with van der Waals surface area (Å²) in [5, 5.41) is 0. The van der Waals surface area contributed by atoms with E-state index < -0.39 is 0 Å². The van der Waals surface area contributed by atoms with Gasteiger partial charge in [0.25, 0.3) is 0 Å². The van der Waals surface area contributed by atoms with Crippen LogP contribution in [-0.4, -0.2) is 5.71 Å². The van der Waals surface area contributed by atoms with E-state index in [1.54, 1.807) is 0 Å². The highest BCUT2D eigenvalue weighted by Crippen LogP contribution is 2.18. The molecule has 1 heteroatoms. The van der Waals surface area contributed by atoms with Crippen molar-refractivity contribution in [1.82, 2.24) is 0 Å². The fraction of sp³-hybridized carbons (Fsp3) is 0.417. The molecule has 0 spiro atoms. The second-order valence-electron chi connectivity index (χ2n) is 3.46. The van der Waals surface area contributed by atoms with Crippen molar-refractivity contribution < 1.29 is 0 Å². The van der Waals surface area contributed by atoms with Crippen molar-refractivity contribution in [3.8, 4) is 0 Å². The van der Waals surface area contributed by atoms with E-state index in [-0.39, 0.29) is 0 Å². The molecule has 0 amide bonds. The van der Waals surface area contributed by atoms with Crippen LogP contribution in [-0.2, 0) is 0 Å². The fourth-order valence-electron chi connectivity index (χ4n) is 1.38. The lowest BCUT2D eigenvalue weighted by molar-refractivity contribution is 0.723. The molecular formula is C12H17N. The first-order valence-corrected chi connectivity index (χ1v) is 4.77. The third-order valence-corrected chi connectivity index (χ3v) is 2.16. The first kappa shape index (κ1) is 9.97. The summed E-state index contributed by atoms with van der Waals surface area (Å²) in [7, 11) is 0. The lowest BCUT2D eigenvalue weighted by atomic mass is 9.93. The van der Waals surface area contributed by atoms with Gasteiger partial charge in [-0.05, 0) is 31.8 Å². The highest BCUT2D eigenvalue weighted by Gasteiger charge is 2.07. The molecule has 0 radical (unpaired) electrons. The Morgan fingerprint density at radius 1 is 1.62 bits per heavy atom. The summed E-state index contributed by atoms with van der Waals surface area (Å²) in [6, 6.07) is 0. The van der Waals surface area contributed by atoms with Crippen LogP contribution in [0.2, 0.25) is 0 Å². The van der Waals surface area contributed by atoms with Crippen LogP contribution < -0.4 is 0 Å². The maximum atomic E-state index is 4.33. The summed E-state index contributed by atoms with van der Waals surface area (Å²) >= 11 is 0. The summed E-state index contributed by atoms with van der Waals surface area (Å²) in [5.74, 6) is 0.649. The molecule has 0 heterocycles. The average molecular weight is 175 g/mol. The zero-order valence-corrected chi connectivity index (χ0v) is 8.62. The quantitative estimate of drug-likeness (QED) is 0.569. The van der Waals surface area contributed by atoms with Gasteiger partial charge in [0.2, 0.25) is 0 Å². The van der Waals surface area contributed by atoms with Crippen molar-refractivity contribution in [3.63, 3.8) is 0 Å². The van der Waals surface area contributed by atoms with Crippen LogP contribution in [0.5, 0.6) is 0 Å². The zero-order chi connectivity index (χ0) is 9.68. The van der Waals surface area contributed by atoms with Gasteiger partial charge in [0.05, 0.1) is 0 Å². The molecule has 0 saturated carbocycles. The monoisotopic (exact) mass is 175 g/mol. The summed E-state index contributed by atoms with van der Waals surface area (Å²) in [6.07, 6.45) is 11.4. The molecule has 1 rings (SSSR count). The summed E-state index contributed by atoms with van der Waals surface area (Å²) in [5.41, 5.74) is 2.49. The van der Waals surface area contributed by atoms with Gasteiger partial charge >= 0.3 is 0 Å². The van der Waals surface area contributed by atoms with Crippen molar-refractivity contribution in [3.05, 3.63) is 36.1 Å². The van der Waals surface area contributed by atoms with Gasteiger partial charge in [-0.1, -0.05) is 31.2 Å². The second kappa shape index (κ2) is 4.80. The minimum Gasteiger partial charge on any atom is -0.262 e. The van der Waals surface area contributed by atoms with Gasteiger partial charge < -0.3 is 0 Å². The number of hydrogen-bond donors (Lipinski definition) is 0. The number of nitrogens with zero attached hydrogens (tertiary/aromatic N) is 1. The molecule has 1 aliphatic rings. The third kappa shape index (κ3) is 3.02. The topological polar surface area (TPSA) is 12.4 Å². The van der Waals surface area contributed by atoms with Gasteiger partial charge in [-0.3, -0.25) is 4.99 Å². The van der Waals surface area contributed by atoms with E-state index in [1.165, 1.54) is 5.57 Å². The van der Waals surface area contributed by atoms with E-state index in [9.17, 15) is 0 Å². The molecule has 0 aromatic heterocycles. The number of aliphatic imine (C=N–C) groups is 1. The van der Waals surface area contributed by atoms with Crippen molar-refractivity contribution in [1.29, 1.82) is 0 Å². The van der Waals surface area contributed by atoms with Crippen LogP contribution in [0.1, 0.15) is 27.2 Å². The molecule has 70 valence electrons. The molecule has 13 heavy (non-hydrogen) atoms. The lowest BCUT2D eigenvalue weighted by Gasteiger charge is -2.13. The van der Waals surface area contributed by atoms with Crippen molar-refractivity contribution in [2.45, 2.75) is 27.2 Å². The number of rotatable bonds is 2. The summed E-state index contributed by atoms with van der Waals surface area (Å²) < 4.78 is 0. The van der Waals surface area contributed by atoms with Crippen LogP contribution in [0.4, 0.5) is 0 Å². The van der Waals surface area contributed by atoms with E-state index in [1.807, 2.05) is 19.2 Å². The molecular weight excluding hydrogens is 158 g/mol. The van der Waals surface area contributed by atoms with Crippen LogP contribution in [0.3, 0.4) is 0 Å². The maximum Gasteiger partial charge on any atom is 0.0404 e. The Balaban J connectivity index is 2.72. The summed E-state index contributed by atoms with van der Waals surface area (Å²) in [4.78, 5) is 4.33. The number of allylic oxidation sites excluding steroid dienone is 5. The van der Waals surface area contributed by atoms with Crippen molar-refractivity contribution in [2.24, 2.45) is 10.9 Å². The van der Waals surface area contributed by atoms with Gasteiger partial charge in [-0.15, -0.1) is 0 Å². The Bertz CT molecular complexity index is 279.